The third-order valence-corrected chi connectivity index (χ3v) is 8.24. The van der Waals surface area contributed by atoms with E-state index in [1.807, 2.05) is 60.7 Å². The van der Waals surface area contributed by atoms with E-state index in [4.69, 9.17) is 4.74 Å². The van der Waals surface area contributed by atoms with Gasteiger partial charge < -0.3 is 10.1 Å². The summed E-state index contributed by atoms with van der Waals surface area (Å²) in [4.78, 5) is 13.2. The molecule has 39 heavy (non-hydrogen) atoms. The topological polar surface area (TPSA) is 84.5 Å². The molecule has 4 aromatic carbocycles. The van der Waals surface area contributed by atoms with Gasteiger partial charge in [-0.05, 0) is 85.0 Å². The Kier molecular flexibility index (Phi) is 7.19. The molecule has 0 aliphatic carbocycles. The fraction of sp³-hybridized carbons (Fsp3) is 0.219. The third-order valence-electron chi connectivity index (χ3n) is 6.95. The summed E-state index contributed by atoms with van der Waals surface area (Å²) in [6, 6.07) is 26.3. The largest absolute Gasteiger partial charge is 0.497 e. The van der Waals surface area contributed by atoms with Crippen molar-refractivity contribution in [2.45, 2.75) is 32.2 Å². The maximum atomic E-state index is 13.2. The molecule has 1 aliphatic rings. The molecule has 7 heteroatoms. The highest BCUT2D eigenvalue weighted by Crippen LogP contribution is 2.32. The fourth-order valence-electron chi connectivity index (χ4n) is 5.06. The quantitative estimate of drug-likeness (QED) is 0.212. The average molecular weight is 541 g/mol. The Morgan fingerprint density at radius 2 is 1.74 bits per heavy atom. The number of hydrogen-bond acceptors (Lipinski definition) is 5. The Bertz CT molecular complexity index is 1670. The first-order valence-electron chi connectivity index (χ1n) is 12.9. The standard InChI is InChI=1S/C32H32N2O4S/c1-32(2)21-25-13-16-27(38-3)19-29(25)30(33-32)20-31(35)24-11-14-26(15-12-24)34-39(36,37)18-17-23-9-6-8-22-7-4-5-10-28(22)23/h4-16,19-20,33-34H,17-18,21H2,1-3H3/b30-20-. The van der Waals surface area contributed by atoms with Gasteiger partial charge in [-0.25, -0.2) is 8.42 Å². The highest BCUT2D eigenvalue weighted by molar-refractivity contribution is 7.92. The Labute approximate surface area is 229 Å². The zero-order chi connectivity index (χ0) is 27.6. The molecule has 0 unspecified atom stereocenters. The van der Waals surface area contributed by atoms with Crippen LogP contribution in [0.15, 0.2) is 91.0 Å². The fourth-order valence-corrected chi connectivity index (χ4v) is 6.14. The summed E-state index contributed by atoms with van der Waals surface area (Å²) in [7, 11) is -1.96. The molecule has 0 radical (unpaired) electrons. The normalized spacial score (nSPS) is 15.4. The van der Waals surface area contributed by atoms with E-state index >= 15 is 0 Å². The molecular formula is C32H32N2O4S. The lowest BCUT2D eigenvalue weighted by Gasteiger charge is -2.35. The number of aryl methyl sites for hydroxylation is 1. The average Bonchev–Trinajstić information content (AvgIpc) is 2.91. The molecule has 2 N–H and O–H groups in total. The van der Waals surface area contributed by atoms with Gasteiger partial charge in [0.25, 0.3) is 0 Å². The van der Waals surface area contributed by atoms with Crippen molar-refractivity contribution in [2.75, 3.05) is 17.6 Å². The van der Waals surface area contributed by atoms with E-state index in [1.54, 1.807) is 37.5 Å². The molecule has 1 aliphatic heterocycles. The van der Waals surface area contributed by atoms with Gasteiger partial charge in [-0.2, -0.15) is 0 Å². The molecule has 0 aromatic heterocycles. The second-order valence-electron chi connectivity index (χ2n) is 10.5. The molecule has 0 spiro atoms. The molecule has 6 nitrogen and oxygen atoms in total. The SMILES string of the molecule is COc1ccc2c(c1)/C(=C/C(=O)c1ccc(NS(=O)(=O)CCc3cccc4ccccc34)cc1)NC(C)(C)C2. The first-order chi connectivity index (χ1) is 18.6. The lowest BCUT2D eigenvalue weighted by Crippen LogP contribution is -2.43. The first kappa shape index (κ1) is 26.5. The number of nitrogens with one attached hydrogen (secondary N) is 2. The zero-order valence-corrected chi connectivity index (χ0v) is 23.1. The minimum absolute atomic E-state index is 0.0435. The van der Waals surface area contributed by atoms with E-state index in [1.165, 1.54) is 0 Å². The molecule has 4 aromatic rings. The Balaban J connectivity index is 1.29. The van der Waals surface area contributed by atoms with Gasteiger partial charge in [0, 0.05) is 34.1 Å². The summed E-state index contributed by atoms with van der Waals surface area (Å²) in [5, 5.41) is 5.62. The zero-order valence-electron chi connectivity index (χ0n) is 22.3. The van der Waals surface area contributed by atoms with Crippen LogP contribution in [0.2, 0.25) is 0 Å². The maximum absolute atomic E-state index is 13.2. The number of sulfonamides is 1. The summed E-state index contributed by atoms with van der Waals surface area (Å²) in [5.41, 5.74) is 4.50. The molecular weight excluding hydrogens is 508 g/mol. The summed E-state index contributed by atoms with van der Waals surface area (Å²) < 4.78 is 33.7. The third kappa shape index (κ3) is 6.15. The summed E-state index contributed by atoms with van der Waals surface area (Å²) in [6.07, 6.45) is 2.83. The van der Waals surface area contributed by atoms with Gasteiger partial charge in [0.2, 0.25) is 10.0 Å². The van der Waals surface area contributed by atoms with Crippen molar-refractivity contribution in [3.05, 3.63) is 113 Å². The van der Waals surface area contributed by atoms with Crippen molar-refractivity contribution in [1.29, 1.82) is 0 Å². The minimum Gasteiger partial charge on any atom is -0.497 e. The first-order valence-corrected chi connectivity index (χ1v) is 14.6. The molecule has 0 atom stereocenters. The highest BCUT2D eigenvalue weighted by atomic mass is 32.2. The van der Waals surface area contributed by atoms with Crippen molar-refractivity contribution in [3.8, 4) is 5.75 Å². The molecule has 0 bridgehead atoms. The molecule has 1 heterocycles. The van der Waals surface area contributed by atoms with Gasteiger partial charge in [0.15, 0.2) is 5.78 Å². The lowest BCUT2D eigenvalue weighted by molar-refractivity contribution is 0.104. The Morgan fingerprint density at radius 1 is 1.00 bits per heavy atom. The number of fused-ring (bicyclic) bond motifs is 2. The molecule has 0 saturated carbocycles. The van der Waals surface area contributed by atoms with E-state index in [0.29, 0.717) is 17.7 Å². The molecule has 0 fully saturated rings. The van der Waals surface area contributed by atoms with Crippen molar-refractivity contribution < 1.29 is 17.9 Å². The van der Waals surface area contributed by atoms with Crippen molar-refractivity contribution in [3.63, 3.8) is 0 Å². The van der Waals surface area contributed by atoms with Crippen LogP contribution >= 0.6 is 0 Å². The van der Waals surface area contributed by atoms with Crippen LogP contribution in [-0.4, -0.2) is 32.6 Å². The highest BCUT2D eigenvalue weighted by Gasteiger charge is 2.28. The van der Waals surface area contributed by atoms with Gasteiger partial charge in [0.05, 0.1) is 12.9 Å². The number of methoxy groups -OCH3 is 1. The van der Waals surface area contributed by atoms with Crippen LogP contribution in [0.3, 0.4) is 0 Å². The number of ether oxygens (including phenoxy) is 1. The van der Waals surface area contributed by atoms with Crippen LogP contribution in [-0.2, 0) is 22.9 Å². The maximum Gasteiger partial charge on any atom is 0.233 e. The van der Waals surface area contributed by atoms with E-state index in [0.717, 1.165) is 45.3 Å². The lowest BCUT2D eigenvalue weighted by atomic mass is 9.85. The minimum atomic E-state index is -3.58. The summed E-state index contributed by atoms with van der Waals surface area (Å²) >= 11 is 0. The number of rotatable bonds is 8. The number of anilines is 1. The van der Waals surface area contributed by atoms with Crippen LogP contribution in [0, 0.1) is 0 Å². The smallest absolute Gasteiger partial charge is 0.233 e. The molecule has 0 amide bonds. The second kappa shape index (κ2) is 10.6. The monoisotopic (exact) mass is 540 g/mol. The van der Waals surface area contributed by atoms with Gasteiger partial charge in [0.1, 0.15) is 5.75 Å². The van der Waals surface area contributed by atoms with Crippen molar-refractivity contribution in [1.82, 2.24) is 5.32 Å². The molecule has 5 rings (SSSR count). The van der Waals surface area contributed by atoms with Crippen molar-refractivity contribution in [2.24, 2.45) is 0 Å². The van der Waals surface area contributed by atoms with Crippen LogP contribution in [0.1, 0.15) is 40.9 Å². The van der Waals surface area contributed by atoms with Crippen LogP contribution in [0.5, 0.6) is 5.75 Å². The number of benzene rings is 4. The number of hydrogen-bond donors (Lipinski definition) is 2. The van der Waals surface area contributed by atoms with E-state index in [9.17, 15) is 13.2 Å². The van der Waals surface area contributed by atoms with Gasteiger partial charge in [-0.15, -0.1) is 0 Å². The molecule has 200 valence electrons. The Morgan fingerprint density at radius 3 is 2.51 bits per heavy atom. The van der Waals surface area contributed by atoms with Crippen LogP contribution in [0.25, 0.3) is 16.5 Å². The second-order valence-corrected chi connectivity index (χ2v) is 12.4. The van der Waals surface area contributed by atoms with E-state index in [-0.39, 0.29) is 17.1 Å². The van der Waals surface area contributed by atoms with Crippen molar-refractivity contribution >= 4 is 38.0 Å². The number of carbonyl (C=O) groups is 1. The van der Waals surface area contributed by atoms with E-state index in [2.05, 4.69) is 23.9 Å². The summed E-state index contributed by atoms with van der Waals surface area (Å²) in [5.74, 6) is 0.512. The predicted molar refractivity (Wildman–Crippen MR) is 158 cm³/mol. The van der Waals surface area contributed by atoms with E-state index < -0.39 is 10.0 Å². The van der Waals surface area contributed by atoms with Gasteiger partial charge in [-0.3, -0.25) is 9.52 Å². The molecule has 0 saturated heterocycles. The van der Waals surface area contributed by atoms with Crippen LogP contribution < -0.4 is 14.8 Å². The van der Waals surface area contributed by atoms with Gasteiger partial charge in [-0.1, -0.05) is 48.5 Å². The Hall–Kier alpha value is -4.10. The predicted octanol–water partition coefficient (Wildman–Crippen LogP) is 5.98. The number of allylic oxidation sites excluding steroid dienone is 1. The number of ketones is 1. The summed E-state index contributed by atoms with van der Waals surface area (Å²) in [6.45, 7) is 4.19. The van der Waals surface area contributed by atoms with Crippen LogP contribution in [0.4, 0.5) is 5.69 Å². The number of carbonyl (C=O) groups excluding carboxylic acids is 1. The van der Waals surface area contributed by atoms with Gasteiger partial charge >= 0.3 is 0 Å².